The first-order valence-corrected chi connectivity index (χ1v) is 6.31. The Morgan fingerprint density at radius 1 is 1.39 bits per heavy atom. The minimum atomic E-state index is -0.119. The highest BCUT2D eigenvalue weighted by atomic mass is 16.5. The molecule has 5 heteroatoms. The number of hydrogen-bond acceptors (Lipinski definition) is 4. The molecule has 0 unspecified atom stereocenters. The molecular formula is C13H21N3O2. The maximum Gasteiger partial charge on any atom is 0.257 e. The SMILES string of the molecule is CCCNCc1ccc(OCC(=O)NCC)cn1. The summed E-state index contributed by atoms with van der Waals surface area (Å²) in [6, 6.07) is 3.73. The van der Waals surface area contributed by atoms with Crippen molar-refractivity contribution in [2.75, 3.05) is 19.7 Å². The van der Waals surface area contributed by atoms with E-state index < -0.39 is 0 Å². The van der Waals surface area contributed by atoms with Crippen LogP contribution in [0.2, 0.25) is 0 Å². The topological polar surface area (TPSA) is 63.2 Å². The fourth-order valence-corrected chi connectivity index (χ4v) is 1.39. The summed E-state index contributed by atoms with van der Waals surface area (Å²) in [6.07, 6.45) is 2.75. The molecular weight excluding hydrogens is 230 g/mol. The van der Waals surface area contributed by atoms with Crippen LogP contribution >= 0.6 is 0 Å². The van der Waals surface area contributed by atoms with Gasteiger partial charge in [-0.25, -0.2) is 0 Å². The zero-order chi connectivity index (χ0) is 13.2. The van der Waals surface area contributed by atoms with Gasteiger partial charge in [0.25, 0.3) is 5.91 Å². The summed E-state index contributed by atoms with van der Waals surface area (Å²) in [5, 5.41) is 5.94. The number of carbonyl (C=O) groups excluding carboxylic acids is 1. The Kier molecular flexibility index (Phi) is 6.79. The molecule has 0 bridgehead atoms. The van der Waals surface area contributed by atoms with Crippen LogP contribution in [0.1, 0.15) is 26.0 Å². The highest BCUT2D eigenvalue weighted by Gasteiger charge is 2.01. The second kappa shape index (κ2) is 8.47. The summed E-state index contributed by atoms with van der Waals surface area (Å²) >= 11 is 0. The van der Waals surface area contributed by atoms with Crippen LogP contribution in [0.25, 0.3) is 0 Å². The van der Waals surface area contributed by atoms with Gasteiger partial charge in [0.2, 0.25) is 0 Å². The lowest BCUT2D eigenvalue weighted by molar-refractivity contribution is -0.122. The van der Waals surface area contributed by atoms with Gasteiger partial charge in [-0.1, -0.05) is 6.92 Å². The Labute approximate surface area is 108 Å². The minimum absolute atomic E-state index is 0.0307. The molecule has 18 heavy (non-hydrogen) atoms. The fraction of sp³-hybridized carbons (Fsp3) is 0.538. The number of pyridine rings is 1. The van der Waals surface area contributed by atoms with Crippen LogP contribution in [0.5, 0.6) is 5.75 Å². The van der Waals surface area contributed by atoms with Crippen LogP contribution in [0.4, 0.5) is 0 Å². The van der Waals surface area contributed by atoms with Gasteiger partial charge in [-0.3, -0.25) is 9.78 Å². The van der Waals surface area contributed by atoms with E-state index in [2.05, 4.69) is 22.5 Å². The Morgan fingerprint density at radius 2 is 2.22 bits per heavy atom. The molecule has 0 fully saturated rings. The van der Waals surface area contributed by atoms with Crippen LogP contribution in [0, 0.1) is 0 Å². The number of nitrogens with zero attached hydrogens (tertiary/aromatic N) is 1. The molecule has 0 aliphatic carbocycles. The molecule has 0 atom stereocenters. The Hall–Kier alpha value is -1.62. The highest BCUT2D eigenvalue weighted by Crippen LogP contribution is 2.08. The van der Waals surface area contributed by atoms with E-state index in [0.29, 0.717) is 12.3 Å². The smallest absolute Gasteiger partial charge is 0.257 e. The summed E-state index contributed by atoms with van der Waals surface area (Å²) in [6.45, 7) is 6.38. The van der Waals surface area contributed by atoms with E-state index in [-0.39, 0.29) is 12.5 Å². The van der Waals surface area contributed by atoms with Gasteiger partial charge < -0.3 is 15.4 Å². The molecule has 0 aliphatic rings. The van der Waals surface area contributed by atoms with Gasteiger partial charge in [0.15, 0.2) is 6.61 Å². The zero-order valence-corrected chi connectivity index (χ0v) is 11.0. The second-order valence-corrected chi connectivity index (χ2v) is 3.90. The Morgan fingerprint density at radius 3 is 2.83 bits per heavy atom. The summed E-state index contributed by atoms with van der Waals surface area (Å²) in [7, 11) is 0. The molecule has 0 saturated carbocycles. The van der Waals surface area contributed by atoms with Gasteiger partial charge >= 0.3 is 0 Å². The molecule has 100 valence electrons. The number of hydrogen-bond donors (Lipinski definition) is 2. The number of rotatable bonds is 8. The quantitative estimate of drug-likeness (QED) is 0.679. The third-order valence-corrected chi connectivity index (χ3v) is 2.27. The van der Waals surface area contributed by atoms with E-state index in [1.807, 2.05) is 19.1 Å². The maximum atomic E-state index is 11.2. The molecule has 1 rings (SSSR count). The van der Waals surface area contributed by atoms with Crippen molar-refractivity contribution in [1.82, 2.24) is 15.6 Å². The van der Waals surface area contributed by atoms with Crippen molar-refractivity contribution < 1.29 is 9.53 Å². The number of amides is 1. The molecule has 1 amide bonds. The van der Waals surface area contributed by atoms with Crippen molar-refractivity contribution >= 4 is 5.91 Å². The molecule has 0 aliphatic heterocycles. The largest absolute Gasteiger partial charge is 0.482 e. The second-order valence-electron chi connectivity index (χ2n) is 3.90. The summed E-state index contributed by atoms with van der Waals surface area (Å²) in [4.78, 5) is 15.4. The summed E-state index contributed by atoms with van der Waals surface area (Å²) in [5.74, 6) is 0.492. The van der Waals surface area contributed by atoms with Gasteiger partial charge in [-0.2, -0.15) is 0 Å². The first kappa shape index (κ1) is 14.4. The standard InChI is InChI=1S/C13H21N3O2/c1-3-7-14-8-11-5-6-12(9-16-11)18-10-13(17)15-4-2/h5-6,9,14H,3-4,7-8,10H2,1-2H3,(H,15,17). The third kappa shape index (κ3) is 5.63. The lowest BCUT2D eigenvalue weighted by atomic mass is 10.3. The van der Waals surface area contributed by atoms with E-state index in [0.717, 1.165) is 25.2 Å². The average Bonchev–Trinajstić information content (AvgIpc) is 2.38. The van der Waals surface area contributed by atoms with Gasteiger partial charge in [-0.15, -0.1) is 0 Å². The number of nitrogens with one attached hydrogen (secondary N) is 2. The van der Waals surface area contributed by atoms with Gasteiger partial charge in [0.05, 0.1) is 11.9 Å². The van der Waals surface area contributed by atoms with Gasteiger partial charge in [0, 0.05) is 13.1 Å². The summed E-state index contributed by atoms with van der Waals surface area (Å²) < 4.78 is 5.31. The molecule has 1 heterocycles. The molecule has 0 saturated heterocycles. The van der Waals surface area contributed by atoms with Crippen molar-refractivity contribution in [2.24, 2.45) is 0 Å². The van der Waals surface area contributed by atoms with Crippen LogP contribution in [-0.2, 0) is 11.3 Å². The molecule has 5 nitrogen and oxygen atoms in total. The van der Waals surface area contributed by atoms with Crippen molar-refractivity contribution in [3.8, 4) is 5.75 Å². The molecule has 1 aromatic heterocycles. The molecule has 0 radical (unpaired) electrons. The fourth-order valence-electron chi connectivity index (χ4n) is 1.39. The number of aromatic nitrogens is 1. The maximum absolute atomic E-state index is 11.2. The lowest BCUT2D eigenvalue weighted by Crippen LogP contribution is -2.28. The van der Waals surface area contributed by atoms with E-state index in [4.69, 9.17) is 4.74 Å². The van der Waals surface area contributed by atoms with Crippen molar-refractivity contribution in [1.29, 1.82) is 0 Å². The zero-order valence-electron chi connectivity index (χ0n) is 11.0. The van der Waals surface area contributed by atoms with Crippen molar-refractivity contribution in [3.63, 3.8) is 0 Å². The van der Waals surface area contributed by atoms with Gasteiger partial charge in [-0.05, 0) is 32.0 Å². The van der Waals surface area contributed by atoms with E-state index in [1.54, 1.807) is 6.20 Å². The lowest BCUT2D eigenvalue weighted by Gasteiger charge is -2.07. The van der Waals surface area contributed by atoms with Crippen LogP contribution in [0.15, 0.2) is 18.3 Å². The first-order chi connectivity index (χ1) is 8.76. The van der Waals surface area contributed by atoms with Crippen molar-refractivity contribution in [2.45, 2.75) is 26.8 Å². The van der Waals surface area contributed by atoms with Crippen molar-refractivity contribution in [3.05, 3.63) is 24.0 Å². The van der Waals surface area contributed by atoms with Gasteiger partial charge in [0.1, 0.15) is 5.75 Å². The number of ether oxygens (including phenoxy) is 1. The van der Waals surface area contributed by atoms with E-state index in [9.17, 15) is 4.79 Å². The van der Waals surface area contributed by atoms with E-state index >= 15 is 0 Å². The highest BCUT2D eigenvalue weighted by molar-refractivity contribution is 5.77. The normalized spacial score (nSPS) is 10.1. The van der Waals surface area contributed by atoms with Crippen LogP contribution in [0.3, 0.4) is 0 Å². The number of likely N-dealkylation sites (N-methyl/N-ethyl adjacent to an activating group) is 1. The summed E-state index contributed by atoms with van der Waals surface area (Å²) in [5.41, 5.74) is 0.966. The average molecular weight is 251 g/mol. The van der Waals surface area contributed by atoms with E-state index in [1.165, 1.54) is 0 Å². The first-order valence-electron chi connectivity index (χ1n) is 6.31. The molecule has 0 spiro atoms. The molecule has 2 N–H and O–H groups in total. The minimum Gasteiger partial charge on any atom is -0.482 e. The Bertz CT molecular complexity index is 352. The number of carbonyl (C=O) groups is 1. The van der Waals surface area contributed by atoms with Crippen LogP contribution in [-0.4, -0.2) is 30.6 Å². The third-order valence-electron chi connectivity index (χ3n) is 2.27. The predicted molar refractivity (Wildman–Crippen MR) is 70.4 cm³/mol. The predicted octanol–water partition coefficient (Wildman–Crippen LogP) is 1.10. The molecule has 1 aromatic rings. The molecule has 0 aromatic carbocycles. The Balaban J connectivity index is 2.33. The van der Waals surface area contributed by atoms with Crippen LogP contribution < -0.4 is 15.4 Å². The monoisotopic (exact) mass is 251 g/mol.